The molecule has 1 aromatic rings. The van der Waals surface area contributed by atoms with E-state index in [1.165, 1.54) is 5.56 Å². The molecule has 0 aromatic heterocycles. The number of benzene rings is 1. The van der Waals surface area contributed by atoms with Crippen LogP contribution in [0, 0.1) is 11.3 Å². The number of nitrogens with zero attached hydrogens (tertiary/aromatic N) is 1. The summed E-state index contributed by atoms with van der Waals surface area (Å²) in [5.74, 6) is -0.160. The van der Waals surface area contributed by atoms with Crippen molar-refractivity contribution in [2.45, 2.75) is 50.7 Å². The monoisotopic (exact) mass is 286 g/mol. The van der Waals surface area contributed by atoms with Crippen LogP contribution < -0.4 is 5.32 Å². The zero-order valence-electron chi connectivity index (χ0n) is 12.5. The number of amides is 1. The zero-order valence-corrected chi connectivity index (χ0v) is 12.5. The first kappa shape index (κ1) is 15.5. The Labute approximate surface area is 126 Å². The van der Waals surface area contributed by atoms with Crippen molar-refractivity contribution >= 4 is 5.91 Å². The highest BCUT2D eigenvalue weighted by Gasteiger charge is 2.30. The van der Waals surface area contributed by atoms with E-state index < -0.39 is 11.6 Å². The Morgan fingerprint density at radius 3 is 2.81 bits per heavy atom. The van der Waals surface area contributed by atoms with Crippen LogP contribution in [0.5, 0.6) is 0 Å². The first-order chi connectivity index (χ1) is 10.1. The van der Waals surface area contributed by atoms with Gasteiger partial charge in [-0.25, -0.2) is 0 Å². The minimum absolute atomic E-state index is 0.160. The number of hydrogen-bond acceptors (Lipinski definition) is 3. The van der Waals surface area contributed by atoms with Crippen LogP contribution in [0.1, 0.15) is 38.2 Å². The van der Waals surface area contributed by atoms with Crippen LogP contribution in [0.25, 0.3) is 0 Å². The summed E-state index contributed by atoms with van der Waals surface area (Å²) >= 11 is 0. The number of carbonyl (C=O) groups excluding carboxylic acids is 1. The Balaban J connectivity index is 1.90. The number of nitriles is 1. The third-order valence-electron chi connectivity index (χ3n) is 3.87. The molecular weight excluding hydrogens is 264 g/mol. The molecule has 4 heteroatoms. The van der Waals surface area contributed by atoms with Gasteiger partial charge >= 0.3 is 0 Å². The lowest BCUT2D eigenvalue weighted by Gasteiger charge is -2.28. The summed E-state index contributed by atoms with van der Waals surface area (Å²) in [6.45, 7) is 2.40. The summed E-state index contributed by atoms with van der Waals surface area (Å²) in [4.78, 5) is 12.2. The number of rotatable bonds is 5. The molecule has 0 radical (unpaired) electrons. The van der Waals surface area contributed by atoms with Crippen molar-refractivity contribution in [1.82, 2.24) is 5.32 Å². The lowest BCUT2D eigenvalue weighted by Crippen LogP contribution is -2.50. The van der Waals surface area contributed by atoms with E-state index >= 15 is 0 Å². The molecule has 2 rings (SSSR count). The van der Waals surface area contributed by atoms with E-state index in [2.05, 4.69) is 11.4 Å². The molecule has 21 heavy (non-hydrogen) atoms. The minimum Gasteiger partial charge on any atom is -0.368 e. The van der Waals surface area contributed by atoms with Crippen LogP contribution in [0.4, 0.5) is 0 Å². The smallest absolute Gasteiger partial charge is 0.250 e. The molecule has 1 N–H and O–H groups in total. The zero-order chi connectivity index (χ0) is 15.1. The fraction of sp³-hybridized carbons (Fsp3) is 0.529. The Morgan fingerprint density at radius 2 is 2.19 bits per heavy atom. The topological polar surface area (TPSA) is 62.1 Å². The molecule has 2 unspecified atom stereocenters. The van der Waals surface area contributed by atoms with Gasteiger partial charge in [0.2, 0.25) is 5.91 Å². The lowest BCUT2D eigenvalue weighted by molar-refractivity contribution is -0.136. The third kappa shape index (κ3) is 4.57. The van der Waals surface area contributed by atoms with Crippen LogP contribution in [-0.4, -0.2) is 24.2 Å². The molecule has 1 amide bonds. The fourth-order valence-electron chi connectivity index (χ4n) is 2.49. The van der Waals surface area contributed by atoms with Crippen molar-refractivity contribution in [3.05, 3.63) is 35.9 Å². The van der Waals surface area contributed by atoms with E-state index in [4.69, 9.17) is 4.74 Å². The van der Waals surface area contributed by atoms with Crippen LogP contribution in [0.2, 0.25) is 0 Å². The SMILES string of the molecule is CC(C#N)(CCc1ccccc1)NC(=O)C1CCCCO1. The summed E-state index contributed by atoms with van der Waals surface area (Å²) < 4.78 is 5.47. The van der Waals surface area contributed by atoms with E-state index in [1.54, 1.807) is 6.92 Å². The molecule has 1 saturated heterocycles. The van der Waals surface area contributed by atoms with Crippen LogP contribution in [0.3, 0.4) is 0 Å². The number of hydrogen-bond donors (Lipinski definition) is 1. The van der Waals surface area contributed by atoms with Gasteiger partial charge in [-0.15, -0.1) is 0 Å². The molecule has 0 saturated carbocycles. The van der Waals surface area contributed by atoms with E-state index in [-0.39, 0.29) is 5.91 Å². The normalized spacial score (nSPS) is 21.0. The molecule has 0 aliphatic carbocycles. The van der Waals surface area contributed by atoms with Crippen molar-refractivity contribution in [2.24, 2.45) is 0 Å². The number of ether oxygens (including phenoxy) is 1. The molecule has 1 aliphatic heterocycles. The van der Waals surface area contributed by atoms with Gasteiger partial charge < -0.3 is 10.1 Å². The van der Waals surface area contributed by atoms with E-state index in [0.717, 1.165) is 25.7 Å². The summed E-state index contributed by atoms with van der Waals surface area (Å²) in [5, 5.41) is 12.3. The Bertz CT molecular complexity index is 503. The van der Waals surface area contributed by atoms with Gasteiger partial charge in [0.25, 0.3) is 0 Å². The Hall–Kier alpha value is -1.86. The molecule has 1 heterocycles. The molecule has 1 aliphatic rings. The maximum Gasteiger partial charge on any atom is 0.250 e. The molecule has 2 atom stereocenters. The molecule has 0 spiro atoms. The number of aryl methyl sites for hydroxylation is 1. The highest BCUT2D eigenvalue weighted by atomic mass is 16.5. The third-order valence-corrected chi connectivity index (χ3v) is 3.87. The fourth-order valence-corrected chi connectivity index (χ4v) is 2.49. The van der Waals surface area contributed by atoms with Gasteiger partial charge in [0.05, 0.1) is 6.07 Å². The van der Waals surface area contributed by atoms with Crippen LogP contribution in [-0.2, 0) is 16.0 Å². The number of nitrogens with one attached hydrogen (secondary N) is 1. The Morgan fingerprint density at radius 1 is 1.43 bits per heavy atom. The molecule has 1 fully saturated rings. The highest BCUT2D eigenvalue weighted by molar-refractivity contribution is 5.82. The first-order valence-corrected chi connectivity index (χ1v) is 7.52. The highest BCUT2D eigenvalue weighted by Crippen LogP contribution is 2.17. The summed E-state index contributed by atoms with van der Waals surface area (Å²) in [5.41, 5.74) is 0.315. The largest absolute Gasteiger partial charge is 0.368 e. The van der Waals surface area contributed by atoms with Crippen molar-refractivity contribution in [3.63, 3.8) is 0 Å². The average molecular weight is 286 g/mol. The van der Waals surface area contributed by atoms with E-state index in [1.807, 2.05) is 30.3 Å². The van der Waals surface area contributed by atoms with Gasteiger partial charge in [-0.05, 0) is 44.6 Å². The molecule has 4 nitrogen and oxygen atoms in total. The van der Waals surface area contributed by atoms with Crippen LogP contribution >= 0.6 is 0 Å². The van der Waals surface area contributed by atoms with Gasteiger partial charge in [0.1, 0.15) is 11.6 Å². The van der Waals surface area contributed by atoms with Gasteiger partial charge in [-0.1, -0.05) is 30.3 Å². The predicted octanol–water partition coefficient (Wildman–Crippen LogP) is 2.59. The second-order valence-corrected chi connectivity index (χ2v) is 5.77. The maximum absolute atomic E-state index is 12.2. The van der Waals surface area contributed by atoms with E-state index in [0.29, 0.717) is 13.0 Å². The van der Waals surface area contributed by atoms with Crippen molar-refractivity contribution in [2.75, 3.05) is 6.61 Å². The Kier molecular flexibility index (Phi) is 5.35. The number of carbonyl (C=O) groups is 1. The molecular formula is C17H22N2O2. The summed E-state index contributed by atoms with van der Waals surface area (Å²) in [6.07, 6.45) is 3.70. The second kappa shape index (κ2) is 7.24. The standard InChI is InChI=1S/C17H22N2O2/c1-17(13-18,11-10-14-7-3-2-4-8-14)19-16(20)15-9-5-6-12-21-15/h2-4,7-8,15H,5-6,9-12H2,1H3,(H,19,20). The predicted molar refractivity (Wildman–Crippen MR) is 80.5 cm³/mol. The molecule has 1 aromatic carbocycles. The van der Waals surface area contributed by atoms with Gasteiger partial charge in [-0.3, -0.25) is 4.79 Å². The maximum atomic E-state index is 12.2. The second-order valence-electron chi connectivity index (χ2n) is 5.77. The summed E-state index contributed by atoms with van der Waals surface area (Å²) in [6, 6.07) is 12.2. The van der Waals surface area contributed by atoms with Gasteiger partial charge in [0.15, 0.2) is 0 Å². The summed E-state index contributed by atoms with van der Waals surface area (Å²) in [7, 11) is 0. The van der Waals surface area contributed by atoms with Crippen molar-refractivity contribution < 1.29 is 9.53 Å². The van der Waals surface area contributed by atoms with Gasteiger partial charge in [-0.2, -0.15) is 5.26 Å². The molecule has 0 bridgehead atoms. The van der Waals surface area contributed by atoms with Gasteiger partial charge in [0, 0.05) is 6.61 Å². The minimum atomic E-state index is -0.853. The average Bonchev–Trinajstić information content (AvgIpc) is 2.55. The van der Waals surface area contributed by atoms with Crippen molar-refractivity contribution in [1.29, 1.82) is 5.26 Å². The lowest BCUT2D eigenvalue weighted by atomic mass is 9.94. The van der Waals surface area contributed by atoms with E-state index in [9.17, 15) is 10.1 Å². The van der Waals surface area contributed by atoms with Crippen molar-refractivity contribution in [3.8, 4) is 6.07 Å². The molecule has 112 valence electrons. The quantitative estimate of drug-likeness (QED) is 0.905. The first-order valence-electron chi connectivity index (χ1n) is 7.52. The van der Waals surface area contributed by atoms with Crippen LogP contribution in [0.15, 0.2) is 30.3 Å².